The summed E-state index contributed by atoms with van der Waals surface area (Å²) in [6.07, 6.45) is 0. The van der Waals surface area contributed by atoms with Crippen LogP contribution in [0.5, 0.6) is 0 Å². The molecule has 0 aliphatic heterocycles. The first-order chi connectivity index (χ1) is 10.1. The molecule has 1 aromatic carbocycles. The maximum atomic E-state index is 4.61. The second-order valence-corrected chi connectivity index (χ2v) is 5.51. The summed E-state index contributed by atoms with van der Waals surface area (Å²) < 4.78 is 4.11. The number of rotatable bonds is 4. The van der Waals surface area contributed by atoms with Crippen LogP contribution in [0.3, 0.4) is 0 Å². The molecule has 3 aromatic rings. The summed E-state index contributed by atoms with van der Waals surface area (Å²) in [5, 5.41) is 9.15. The van der Waals surface area contributed by atoms with Crippen LogP contribution >= 0.6 is 0 Å². The van der Waals surface area contributed by atoms with Gasteiger partial charge in [0.2, 0.25) is 0 Å². The Morgan fingerprint density at radius 3 is 2.14 bits per heavy atom. The average Bonchev–Trinajstić information content (AvgIpc) is 2.94. The van der Waals surface area contributed by atoms with Gasteiger partial charge in [-0.2, -0.15) is 10.2 Å². The van der Waals surface area contributed by atoms with Gasteiger partial charge < -0.3 is 0 Å². The molecule has 2 aromatic heterocycles. The van der Waals surface area contributed by atoms with Gasteiger partial charge in [0.25, 0.3) is 0 Å². The largest absolute Gasteiger partial charge is 0.264 e. The first-order valence-corrected chi connectivity index (χ1v) is 7.20. The van der Waals surface area contributed by atoms with E-state index in [-0.39, 0.29) is 0 Å². The van der Waals surface area contributed by atoms with Crippen molar-refractivity contribution in [2.45, 2.75) is 33.9 Å². The van der Waals surface area contributed by atoms with Crippen LogP contribution in [0.1, 0.15) is 28.3 Å². The Bertz CT molecular complexity index is 737. The van der Waals surface area contributed by atoms with Gasteiger partial charge in [-0.15, -0.1) is 0 Å². The highest BCUT2D eigenvalue weighted by Crippen LogP contribution is 2.11. The van der Waals surface area contributed by atoms with Crippen molar-refractivity contribution < 1.29 is 0 Å². The number of benzene rings is 1. The van der Waals surface area contributed by atoms with E-state index in [1.54, 1.807) is 0 Å². The van der Waals surface area contributed by atoms with E-state index in [1.807, 2.05) is 24.6 Å². The smallest absolute Gasteiger partial charge is 0.0831 e. The fourth-order valence-corrected chi connectivity index (χ4v) is 2.61. The van der Waals surface area contributed by atoms with Gasteiger partial charge in [0, 0.05) is 5.69 Å². The summed E-state index contributed by atoms with van der Waals surface area (Å²) in [6.45, 7) is 7.70. The lowest BCUT2D eigenvalue weighted by atomic mass is 10.2. The van der Waals surface area contributed by atoms with Gasteiger partial charge in [0.05, 0.1) is 30.2 Å². The summed E-state index contributed by atoms with van der Waals surface area (Å²) in [4.78, 5) is 0. The molecule has 3 rings (SSSR count). The molecule has 108 valence electrons. The Hall–Kier alpha value is -2.36. The predicted molar refractivity (Wildman–Crippen MR) is 83.3 cm³/mol. The van der Waals surface area contributed by atoms with Crippen molar-refractivity contribution in [2.24, 2.45) is 0 Å². The third kappa shape index (κ3) is 3.05. The van der Waals surface area contributed by atoms with Crippen LogP contribution in [0.4, 0.5) is 0 Å². The Labute approximate surface area is 125 Å². The normalized spacial score (nSPS) is 11.0. The maximum Gasteiger partial charge on any atom is 0.0831 e. The molecule has 0 fully saturated rings. The fourth-order valence-electron chi connectivity index (χ4n) is 2.61. The van der Waals surface area contributed by atoms with Crippen LogP contribution in [-0.4, -0.2) is 19.6 Å². The molecule has 0 bridgehead atoms. The van der Waals surface area contributed by atoms with Crippen LogP contribution in [-0.2, 0) is 13.1 Å². The quantitative estimate of drug-likeness (QED) is 0.736. The van der Waals surface area contributed by atoms with Gasteiger partial charge in [0.15, 0.2) is 0 Å². The summed E-state index contributed by atoms with van der Waals surface area (Å²) in [7, 11) is 0. The van der Waals surface area contributed by atoms with Crippen LogP contribution in [0.2, 0.25) is 0 Å². The summed E-state index contributed by atoms with van der Waals surface area (Å²) in [6, 6.07) is 14.7. The zero-order valence-corrected chi connectivity index (χ0v) is 12.7. The van der Waals surface area contributed by atoms with Crippen LogP contribution in [0.15, 0.2) is 42.5 Å². The predicted octanol–water partition coefficient (Wildman–Crippen LogP) is 3.10. The minimum atomic E-state index is 0.757. The van der Waals surface area contributed by atoms with E-state index in [2.05, 4.69) is 58.2 Å². The number of aromatic nitrogens is 4. The Morgan fingerprint density at radius 1 is 0.810 bits per heavy atom. The number of aryl methyl sites for hydroxylation is 3. The molecule has 0 atom stereocenters. The summed E-state index contributed by atoms with van der Waals surface area (Å²) in [5.74, 6) is 0. The first-order valence-electron chi connectivity index (χ1n) is 7.20. The molecule has 2 heterocycles. The summed E-state index contributed by atoms with van der Waals surface area (Å²) >= 11 is 0. The Morgan fingerprint density at radius 2 is 1.48 bits per heavy atom. The lowest BCUT2D eigenvalue weighted by Gasteiger charge is -2.09. The van der Waals surface area contributed by atoms with E-state index in [1.165, 1.54) is 17.0 Å². The monoisotopic (exact) mass is 280 g/mol. The molecular formula is C17H20N4. The lowest BCUT2D eigenvalue weighted by molar-refractivity contribution is 0.578. The van der Waals surface area contributed by atoms with Crippen LogP contribution in [0, 0.1) is 20.8 Å². The molecule has 4 nitrogen and oxygen atoms in total. The molecule has 0 unspecified atom stereocenters. The summed E-state index contributed by atoms with van der Waals surface area (Å²) in [5.41, 5.74) is 5.72. The molecule has 0 aliphatic rings. The fraction of sp³-hybridized carbons (Fsp3) is 0.294. The van der Waals surface area contributed by atoms with Crippen LogP contribution in [0.25, 0.3) is 0 Å². The molecule has 0 radical (unpaired) electrons. The van der Waals surface area contributed by atoms with E-state index in [0.717, 1.165) is 24.5 Å². The minimum Gasteiger partial charge on any atom is -0.264 e. The Balaban J connectivity index is 1.87. The van der Waals surface area contributed by atoms with E-state index >= 15 is 0 Å². The van der Waals surface area contributed by atoms with Gasteiger partial charge >= 0.3 is 0 Å². The van der Waals surface area contributed by atoms with E-state index in [0.29, 0.717) is 0 Å². The van der Waals surface area contributed by atoms with Crippen molar-refractivity contribution in [3.63, 3.8) is 0 Å². The first kappa shape index (κ1) is 13.6. The van der Waals surface area contributed by atoms with Crippen molar-refractivity contribution >= 4 is 0 Å². The SMILES string of the molecule is Cc1cc(C)n(Cc2cc(C)nn2Cc2ccccc2)n1. The molecular weight excluding hydrogens is 260 g/mol. The molecule has 0 aliphatic carbocycles. The zero-order chi connectivity index (χ0) is 14.8. The second-order valence-electron chi connectivity index (χ2n) is 5.51. The highest BCUT2D eigenvalue weighted by atomic mass is 15.3. The van der Waals surface area contributed by atoms with Crippen molar-refractivity contribution in [1.29, 1.82) is 0 Å². The molecule has 21 heavy (non-hydrogen) atoms. The number of hydrogen-bond donors (Lipinski definition) is 0. The van der Waals surface area contributed by atoms with Crippen molar-refractivity contribution in [1.82, 2.24) is 19.6 Å². The topological polar surface area (TPSA) is 35.6 Å². The van der Waals surface area contributed by atoms with Crippen molar-refractivity contribution in [3.05, 3.63) is 70.8 Å². The highest BCUT2D eigenvalue weighted by Gasteiger charge is 2.09. The van der Waals surface area contributed by atoms with E-state index in [9.17, 15) is 0 Å². The molecule has 0 N–H and O–H groups in total. The Kier molecular flexibility index (Phi) is 3.60. The molecule has 0 spiro atoms. The van der Waals surface area contributed by atoms with Gasteiger partial charge in [0.1, 0.15) is 0 Å². The van der Waals surface area contributed by atoms with E-state index < -0.39 is 0 Å². The number of nitrogens with zero attached hydrogens (tertiary/aromatic N) is 4. The van der Waals surface area contributed by atoms with Gasteiger partial charge in [-0.3, -0.25) is 9.36 Å². The maximum absolute atomic E-state index is 4.61. The van der Waals surface area contributed by atoms with Crippen molar-refractivity contribution in [3.8, 4) is 0 Å². The molecule has 0 saturated carbocycles. The van der Waals surface area contributed by atoms with Crippen molar-refractivity contribution in [2.75, 3.05) is 0 Å². The molecule has 4 heteroatoms. The average molecular weight is 280 g/mol. The molecule has 0 saturated heterocycles. The van der Waals surface area contributed by atoms with Gasteiger partial charge in [-0.1, -0.05) is 30.3 Å². The lowest BCUT2D eigenvalue weighted by Crippen LogP contribution is -2.11. The van der Waals surface area contributed by atoms with Crippen LogP contribution < -0.4 is 0 Å². The van der Waals surface area contributed by atoms with E-state index in [4.69, 9.17) is 0 Å². The van der Waals surface area contributed by atoms with Gasteiger partial charge in [-0.05, 0) is 38.5 Å². The van der Waals surface area contributed by atoms with Gasteiger partial charge in [-0.25, -0.2) is 0 Å². The third-order valence-electron chi connectivity index (χ3n) is 3.58. The highest BCUT2D eigenvalue weighted by molar-refractivity contribution is 5.18. The molecule has 0 amide bonds. The number of hydrogen-bond acceptors (Lipinski definition) is 2. The second kappa shape index (κ2) is 5.56. The minimum absolute atomic E-state index is 0.757. The third-order valence-corrected chi connectivity index (χ3v) is 3.58. The zero-order valence-electron chi connectivity index (χ0n) is 12.7. The standard InChI is InChI=1S/C17H20N4/c1-13-9-15(3)20(18-13)12-17-10-14(2)19-21(17)11-16-7-5-4-6-8-16/h4-10H,11-12H2,1-3H3.